The number of carbonyl (C=O) groups is 2. The fourth-order valence-electron chi connectivity index (χ4n) is 3.47. The Labute approximate surface area is 191 Å². The third-order valence-corrected chi connectivity index (χ3v) is 7.13. The average molecular weight is 474 g/mol. The van der Waals surface area contributed by atoms with E-state index in [2.05, 4.69) is 0 Å². The average Bonchev–Trinajstić information content (AvgIpc) is 3.13. The van der Waals surface area contributed by atoms with Crippen LogP contribution in [0.3, 0.4) is 0 Å². The van der Waals surface area contributed by atoms with Gasteiger partial charge in [0.15, 0.2) is 6.29 Å². The van der Waals surface area contributed by atoms with Crippen molar-refractivity contribution in [3.8, 4) is 11.8 Å². The van der Waals surface area contributed by atoms with Gasteiger partial charge >= 0.3 is 0 Å². The van der Waals surface area contributed by atoms with Crippen molar-refractivity contribution >= 4 is 27.5 Å². The van der Waals surface area contributed by atoms with Crippen LogP contribution >= 0.6 is 0 Å². The van der Waals surface area contributed by atoms with Gasteiger partial charge in [0.1, 0.15) is 11.8 Å². The summed E-state index contributed by atoms with van der Waals surface area (Å²) in [4.78, 5) is 26.9. The Balaban J connectivity index is 2.00. The summed E-state index contributed by atoms with van der Waals surface area (Å²) >= 11 is 0. The Morgan fingerprint density at radius 3 is 2.18 bits per heavy atom. The molecule has 1 atom stereocenters. The van der Waals surface area contributed by atoms with Gasteiger partial charge in [-0.25, -0.2) is 13.3 Å². The number of nitriles is 1. The molecular weight excluding hydrogens is 450 g/mol. The summed E-state index contributed by atoms with van der Waals surface area (Å²) in [5.74, 6) is -0.796. The summed E-state index contributed by atoms with van der Waals surface area (Å²) in [5, 5.41) is 8.97. The summed E-state index contributed by atoms with van der Waals surface area (Å²) in [7, 11) is -0.0773. The maximum absolute atomic E-state index is 13.5. The lowest BCUT2D eigenvalue weighted by atomic mass is 10.2. The van der Waals surface area contributed by atoms with Gasteiger partial charge in [-0.15, -0.1) is 0 Å². The normalized spacial score (nSPS) is 16.5. The molecule has 0 aliphatic carbocycles. The highest BCUT2D eigenvalue weighted by molar-refractivity contribution is 7.89. The van der Waals surface area contributed by atoms with Crippen molar-refractivity contribution in [1.29, 1.82) is 5.26 Å². The van der Waals surface area contributed by atoms with Crippen LogP contribution in [0.4, 0.5) is 5.69 Å². The molecule has 1 aliphatic rings. The monoisotopic (exact) mass is 473 g/mol. The summed E-state index contributed by atoms with van der Waals surface area (Å²) in [6, 6.07) is 12.2. The Morgan fingerprint density at radius 2 is 1.67 bits per heavy atom. The molecule has 3 rings (SSSR count). The van der Waals surface area contributed by atoms with Crippen LogP contribution in [-0.4, -0.2) is 64.7 Å². The van der Waals surface area contributed by atoms with E-state index in [1.54, 1.807) is 0 Å². The van der Waals surface area contributed by atoms with E-state index in [9.17, 15) is 18.0 Å². The van der Waals surface area contributed by atoms with Crippen LogP contribution < -0.4 is 9.64 Å². The Kier molecular flexibility index (Phi) is 7.45. The zero-order chi connectivity index (χ0) is 24.2. The fourth-order valence-corrected chi connectivity index (χ4v) is 5.03. The van der Waals surface area contributed by atoms with Gasteiger partial charge in [0.2, 0.25) is 15.9 Å². The molecule has 0 saturated carbocycles. The third kappa shape index (κ3) is 4.89. The standard InChI is InChI=1S/C22H23N3O7S/c1-30-17-8-10-18(11-9-17)33(28,29)24(14-21(31-2)32-3)19-12-20(26)25(22(19)27)16-6-4-15(13-23)5-7-16/h4-11,19,21H,12,14H2,1-3H3. The van der Waals surface area contributed by atoms with Crippen LogP contribution in [0.15, 0.2) is 53.4 Å². The van der Waals surface area contributed by atoms with Crippen molar-refractivity contribution < 1.29 is 32.2 Å². The molecule has 11 heteroatoms. The molecule has 2 amide bonds. The summed E-state index contributed by atoms with van der Waals surface area (Å²) in [5.41, 5.74) is 0.615. The maximum atomic E-state index is 13.5. The van der Waals surface area contributed by atoms with Crippen LogP contribution in [0.25, 0.3) is 0 Å². The van der Waals surface area contributed by atoms with Crippen molar-refractivity contribution in [2.75, 3.05) is 32.8 Å². The molecule has 1 unspecified atom stereocenters. The van der Waals surface area contributed by atoms with Crippen molar-refractivity contribution in [2.45, 2.75) is 23.6 Å². The molecule has 0 N–H and O–H groups in total. The van der Waals surface area contributed by atoms with Crippen molar-refractivity contribution in [3.63, 3.8) is 0 Å². The number of methoxy groups -OCH3 is 3. The van der Waals surface area contributed by atoms with Crippen LogP contribution in [0.5, 0.6) is 5.75 Å². The largest absolute Gasteiger partial charge is 0.497 e. The van der Waals surface area contributed by atoms with E-state index in [4.69, 9.17) is 19.5 Å². The molecule has 1 aliphatic heterocycles. The number of benzene rings is 2. The van der Waals surface area contributed by atoms with Crippen molar-refractivity contribution in [1.82, 2.24) is 4.31 Å². The fraction of sp³-hybridized carbons (Fsp3) is 0.318. The van der Waals surface area contributed by atoms with Gasteiger partial charge < -0.3 is 14.2 Å². The molecule has 0 spiro atoms. The Hall–Kier alpha value is -3.30. The Bertz CT molecular complexity index is 1150. The maximum Gasteiger partial charge on any atom is 0.252 e. The molecule has 10 nitrogen and oxygen atoms in total. The summed E-state index contributed by atoms with van der Waals surface area (Å²) < 4.78 is 43.4. The number of carbonyl (C=O) groups excluding carboxylic acids is 2. The summed E-state index contributed by atoms with van der Waals surface area (Å²) in [6.07, 6.45) is -1.32. The second kappa shape index (κ2) is 10.1. The molecular formula is C22H23N3O7S. The van der Waals surface area contributed by atoms with E-state index in [-0.39, 0.29) is 23.5 Å². The quantitative estimate of drug-likeness (QED) is 0.396. The van der Waals surface area contributed by atoms with Gasteiger partial charge in [0.05, 0.1) is 42.3 Å². The second-order valence-corrected chi connectivity index (χ2v) is 8.99. The molecule has 33 heavy (non-hydrogen) atoms. The minimum Gasteiger partial charge on any atom is -0.497 e. The van der Waals surface area contributed by atoms with E-state index in [1.165, 1.54) is 69.9 Å². The molecule has 1 saturated heterocycles. The zero-order valence-corrected chi connectivity index (χ0v) is 19.1. The first-order valence-corrected chi connectivity index (χ1v) is 11.3. The van der Waals surface area contributed by atoms with E-state index in [0.717, 1.165) is 9.21 Å². The summed E-state index contributed by atoms with van der Waals surface area (Å²) in [6.45, 7) is -0.313. The number of hydrogen-bond acceptors (Lipinski definition) is 8. The lowest BCUT2D eigenvalue weighted by Gasteiger charge is -2.29. The first-order valence-electron chi connectivity index (χ1n) is 9.85. The predicted octanol–water partition coefficient (Wildman–Crippen LogP) is 1.51. The second-order valence-electron chi connectivity index (χ2n) is 7.10. The molecule has 2 aromatic rings. The number of sulfonamides is 1. The first-order chi connectivity index (χ1) is 15.8. The highest BCUT2D eigenvalue weighted by Crippen LogP contribution is 2.30. The molecule has 1 fully saturated rings. The van der Waals surface area contributed by atoms with Crippen LogP contribution in [0.2, 0.25) is 0 Å². The van der Waals surface area contributed by atoms with Gasteiger partial charge in [-0.2, -0.15) is 9.57 Å². The van der Waals surface area contributed by atoms with Gasteiger partial charge in [0, 0.05) is 14.2 Å². The van der Waals surface area contributed by atoms with Gasteiger partial charge in [0.25, 0.3) is 5.91 Å². The number of hydrogen-bond donors (Lipinski definition) is 0. The number of ether oxygens (including phenoxy) is 3. The first kappa shape index (κ1) is 24.3. The highest BCUT2D eigenvalue weighted by atomic mass is 32.2. The molecule has 0 aromatic heterocycles. The van der Waals surface area contributed by atoms with E-state index >= 15 is 0 Å². The predicted molar refractivity (Wildman–Crippen MR) is 117 cm³/mol. The third-order valence-electron chi connectivity index (χ3n) is 5.25. The highest BCUT2D eigenvalue weighted by Gasteiger charge is 2.47. The number of amides is 2. The molecule has 1 heterocycles. The van der Waals surface area contributed by atoms with Crippen molar-refractivity contribution in [3.05, 3.63) is 54.1 Å². The molecule has 0 radical (unpaired) electrons. The minimum atomic E-state index is -4.22. The van der Waals surface area contributed by atoms with Crippen molar-refractivity contribution in [2.24, 2.45) is 0 Å². The molecule has 0 bridgehead atoms. The smallest absolute Gasteiger partial charge is 0.252 e. The van der Waals surface area contributed by atoms with Gasteiger partial charge in [-0.1, -0.05) is 0 Å². The van der Waals surface area contributed by atoms with E-state index < -0.39 is 34.2 Å². The Morgan fingerprint density at radius 1 is 1.06 bits per heavy atom. The number of anilines is 1. The number of nitrogens with zero attached hydrogens (tertiary/aromatic N) is 3. The van der Waals surface area contributed by atoms with Gasteiger partial charge in [-0.3, -0.25) is 9.59 Å². The minimum absolute atomic E-state index is 0.0775. The van der Waals surface area contributed by atoms with Crippen LogP contribution in [-0.2, 0) is 29.1 Å². The topological polar surface area (TPSA) is 126 Å². The molecule has 174 valence electrons. The van der Waals surface area contributed by atoms with E-state index in [1.807, 2.05) is 6.07 Å². The SMILES string of the molecule is COc1ccc(S(=O)(=O)N(CC(OC)OC)C2CC(=O)N(c3ccc(C#N)cc3)C2=O)cc1. The van der Waals surface area contributed by atoms with E-state index in [0.29, 0.717) is 11.3 Å². The lowest BCUT2D eigenvalue weighted by molar-refractivity contribution is -0.125. The molecule has 2 aromatic carbocycles. The van der Waals surface area contributed by atoms with Crippen LogP contribution in [0, 0.1) is 11.3 Å². The lowest BCUT2D eigenvalue weighted by Crippen LogP contribution is -2.49. The number of imide groups is 1. The van der Waals surface area contributed by atoms with Crippen LogP contribution in [0.1, 0.15) is 12.0 Å². The number of rotatable bonds is 9. The van der Waals surface area contributed by atoms with Gasteiger partial charge in [-0.05, 0) is 48.5 Å². The zero-order valence-electron chi connectivity index (χ0n) is 18.3.